The molecule has 0 aliphatic heterocycles. The molecule has 0 aliphatic carbocycles. The molecular weight excluding hydrogens is 222 g/mol. The van der Waals surface area contributed by atoms with Crippen LogP contribution in [0.25, 0.3) is 0 Å². The van der Waals surface area contributed by atoms with Gasteiger partial charge < -0.3 is 20.3 Å². The van der Waals surface area contributed by atoms with Crippen molar-refractivity contribution in [2.24, 2.45) is 0 Å². The number of ether oxygens (including phenoxy) is 1. The van der Waals surface area contributed by atoms with Crippen LogP contribution in [0.15, 0.2) is 0 Å². The Bertz CT molecular complexity index is 240. The van der Waals surface area contributed by atoms with Gasteiger partial charge in [0.2, 0.25) is 0 Å². The molecule has 0 aromatic rings. The Morgan fingerprint density at radius 1 is 1.29 bits per heavy atom. The van der Waals surface area contributed by atoms with Crippen LogP contribution in [0.4, 0.5) is 4.79 Å². The molecule has 0 heterocycles. The zero-order valence-electron chi connectivity index (χ0n) is 11.3. The molecule has 17 heavy (non-hydrogen) atoms. The first-order valence-corrected chi connectivity index (χ1v) is 5.96. The van der Waals surface area contributed by atoms with E-state index in [-0.39, 0.29) is 0 Å². The molecule has 0 rings (SSSR count). The van der Waals surface area contributed by atoms with Gasteiger partial charge in [0.15, 0.2) is 0 Å². The molecule has 1 N–H and O–H groups in total. The van der Waals surface area contributed by atoms with Gasteiger partial charge in [-0.2, -0.15) is 5.79 Å². The fourth-order valence-corrected chi connectivity index (χ4v) is 1.32. The number of carbonyl (C=O) groups excluding carboxylic acids is 1. The Hall–Kier alpha value is -0.810. The van der Waals surface area contributed by atoms with Crippen molar-refractivity contribution in [2.75, 3.05) is 0 Å². The fourth-order valence-electron chi connectivity index (χ4n) is 1.32. The van der Waals surface area contributed by atoms with Crippen LogP contribution in [-0.2, 0) is 4.74 Å². The lowest BCUT2D eigenvalue weighted by Crippen LogP contribution is -2.67. The molecule has 0 aromatic carbocycles. The van der Waals surface area contributed by atoms with Crippen LogP contribution in [0.1, 0.15) is 53.9 Å². The molecular formula is C12H23NO4-2. The number of rotatable bonds is 5. The Morgan fingerprint density at radius 2 is 1.82 bits per heavy atom. The molecule has 0 aliphatic rings. The normalized spacial score (nSPS) is 14.3. The predicted molar refractivity (Wildman–Crippen MR) is 61.1 cm³/mol. The van der Waals surface area contributed by atoms with Crippen molar-refractivity contribution >= 4 is 6.09 Å². The number of nitrogens with one attached hydrogen (secondary N) is 1. The number of hydrogen-bond acceptors (Lipinski definition) is 4. The lowest BCUT2D eigenvalue weighted by Gasteiger charge is -2.51. The smallest absolute Gasteiger partial charge is 0.407 e. The van der Waals surface area contributed by atoms with E-state index in [1.807, 2.05) is 6.92 Å². The molecule has 0 radical (unpaired) electrons. The van der Waals surface area contributed by atoms with Crippen molar-refractivity contribution in [3.05, 3.63) is 0 Å². The SMILES string of the molecule is CCCC[C@H](NC(=O)OC(C)(C)C)C(C)([O-])[O-]. The molecule has 0 fully saturated rings. The number of alkyl carbamates (subject to hydrolysis) is 1. The van der Waals surface area contributed by atoms with Gasteiger partial charge in [-0.1, -0.05) is 26.7 Å². The fraction of sp³-hybridized carbons (Fsp3) is 0.917. The minimum absolute atomic E-state index is 0.374. The average molecular weight is 245 g/mol. The van der Waals surface area contributed by atoms with Gasteiger partial charge in [0.05, 0.1) is 0 Å². The van der Waals surface area contributed by atoms with Gasteiger partial charge >= 0.3 is 6.09 Å². The monoisotopic (exact) mass is 245 g/mol. The summed E-state index contributed by atoms with van der Waals surface area (Å²) in [4.78, 5) is 11.5. The largest absolute Gasteiger partial charge is 0.862 e. The molecule has 1 atom stereocenters. The minimum atomic E-state index is -2.44. The van der Waals surface area contributed by atoms with Crippen molar-refractivity contribution in [3.8, 4) is 0 Å². The maximum Gasteiger partial charge on any atom is 0.407 e. The van der Waals surface area contributed by atoms with Crippen LogP contribution in [0, 0.1) is 0 Å². The van der Waals surface area contributed by atoms with Crippen LogP contribution >= 0.6 is 0 Å². The van der Waals surface area contributed by atoms with E-state index in [4.69, 9.17) is 4.74 Å². The highest BCUT2D eigenvalue weighted by Crippen LogP contribution is 2.11. The van der Waals surface area contributed by atoms with E-state index in [1.165, 1.54) is 0 Å². The molecule has 5 heteroatoms. The van der Waals surface area contributed by atoms with Crippen molar-refractivity contribution in [1.29, 1.82) is 0 Å². The highest BCUT2D eigenvalue weighted by molar-refractivity contribution is 5.68. The topological polar surface area (TPSA) is 84.5 Å². The lowest BCUT2D eigenvalue weighted by molar-refractivity contribution is -0.719. The van der Waals surface area contributed by atoms with Gasteiger partial charge in [0.25, 0.3) is 0 Å². The maximum absolute atomic E-state index is 11.5. The number of carbonyl (C=O) groups is 1. The van der Waals surface area contributed by atoms with Crippen LogP contribution in [0.5, 0.6) is 0 Å². The summed E-state index contributed by atoms with van der Waals surface area (Å²) in [5.74, 6) is -2.44. The summed E-state index contributed by atoms with van der Waals surface area (Å²) >= 11 is 0. The second-order valence-corrected chi connectivity index (χ2v) is 5.36. The van der Waals surface area contributed by atoms with Gasteiger partial charge in [-0.05, 0) is 27.2 Å². The van der Waals surface area contributed by atoms with Gasteiger partial charge in [0.1, 0.15) is 5.60 Å². The summed E-state index contributed by atoms with van der Waals surface area (Å²) in [6, 6.07) is -0.947. The predicted octanol–water partition coefficient (Wildman–Crippen LogP) is 0.507. The zero-order chi connectivity index (χ0) is 13.7. The third kappa shape index (κ3) is 7.99. The average Bonchev–Trinajstić information content (AvgIpc) is 2.07. The molecule has 5 nitrogen and oxygen atoms in total. The summed E-state index contributed by atoms with van der Waals surface area (Å²) < 4.78 is 5.02. The van der Waals surface area contributed by atoms with Gasteiger partial charge in [-0.15, -0.1) is 0 Å². The molecule has 102 valence electrons. The summed E-state index contributed by atoms with van der Waals surface area (Å²) in [5.41, 5.74) is -0.637. The van der Waals surface area contributed by atoms with Crippen LogP contribution < -0.4 is 15.5 Å². The molecule has 0 spiro atoms. The van der Waals surface area contributed by atoms with Crippen molar-refractivity contribution in [3.63, 3.8) is 0 Å². The quantitative estimate of drug-likeness (QED) is 0.715. The first kappa shape index (κ1) is 16.2. The summed E-state index contributed by atoms with van der Waals surface area (Å²) in [7, 11) is 0. The van der Waals surface area contributed by atoms with Gasteiger partial charge in [-0.25, -0.2) is 4.79 Å². The Kier molecular flexibility index (Phi) is 5.92. The van der Waals surface area contributed by atoms with E-state index in [0.717, 1.165) is 19.8 Å². The highest BCUT2D eigenvalue weighted by Gasteiger charge is 2.20. The van der Waals surface area contributed by atoms with E-state index in [1.54, 1.807) is 20.8 Å². The second-order valence-electron chi connectivity index (χ2n) is 5.36. The van der Waals surface area contributed by atoms with Crippen LogP contribution in [0.2, 0.25) is 0 Å². The molecule has 0 saturated carbocycles. The van der Waals surface area contributed by atoms with E-state index in [9.17, 15) is 15.0 Å². The van der Waals surface area contributed by atoms with E-state index < -0.39 is 23.5 Å². The molecule has 0 bridgehead atoms. The minimum Gasteiger partial charge on any atom is -0.862 e. The summed E-state index contributed by atoms with van der Waals surface area (Å²) in [6.45, 7) is 8.16. The Labute approximate surface area is 103 Å². The van der Waals surface area contributed by atoms with Gasteiger partial charge in [0, 0.05) is 6.04 Å². The third-order valence-electron chi connectivity index (χ3n) is 2.17. The van der Waals surface area contributed by atoms with E-state index >= 15 is 0 Å². The Balaban J connectivity index is 4.39. The number of amides is 1. The summed E-state index contributed by atoms with van der Waals surface area (Å²) in [5, 5.41) is 25.1. The van der Waals surface area contributed by atoms with Crippen molar-refractivity contribution in [1.82, 2.24) is 5.32 Å². The zero-order valence-corrected chi connectivity index (χ0v) is 11.3. The number of unbranched alkanes of at least 4 members (excludes halogenated alkanes) is 1. The Morgan fingerprint density at radius 3 is 2.18 bits per heavy atom. The lowest BCUT2D eigenvalue weighted by atomic mass is 10.0. The van der Waals surface area contributed by atoms with E-state index in [2.05, 4.69) is 5.32 Å². The van der Waals surface area contributed by atoms with Crippen LogP contribution in [-0.4, -0.2) is 23.5 Å². The first-order chi connectivity index (χ1) is 7.56. The highest BCUT2D eigenvalue weighted by atomic mass is 16.6. The molecule has 1 amide bonds. The number of hydrogen-bond donors (Lipinski definition) is 1. The maximum atomic E-state index is 11.5. The molecule has 0 unspecified atom stereocenters. The molecule has 0 aromatic heterocycles. The van der Waals surface area contributed by atoms with E-state index in [0.29, 0.717) is 6.42 Å². The molecule has 0 saturated heterocycles. The first-order valence-electron chi connectivity index (χ1n) is 5.96. The summed E-state index contributed by atoms with van der Waals surface area (Å²) in [6.07, 6.45) is 1.25. The van der Waals surface area contributed by atoms with Crippen LogP contribution in [0.3, 0.4) is 0 Å². The van der Waals surface area contributed by atoms with Crippen molar-refractivity contribution in [2.45, 2.75) is 71.3 Å². The second kappa shape index (κ2) is 6.21. The van der Waals surface area contributed by atoms with Crippen molar-refractivity contribution < 1.29 is 19.7 Å². The standard InChI is InChI=1S/C12H23NO4/c1-6-7-8-9(12(5,15)16)13-10(14)17-11(2,3)4/h9H,6-8H2,1-5H3,(H,13,14)/q-2/t9-/m0/s1. The van der Waals surface area contributed by atoms with Gasteiger partial charge in [-0.3, -0.25) is 0 Å². The third-order valence-corrected chi connectivity index (χ3v) is 2.17.